The molecule has 0 saturated heterocycles. The number of carbonyl (C=O) groups excluding carboxylic acids is 2. The molecule has 0 aromatic heterocycles. The zero-order valence-corrected chi connectivity index (χ0v) is 13.9. The second-order valence-corrected chi connectivity index (χ2v) is 6.32. The molecule has 3 rings (SSSR count). The number of hydrogen-bond donors (Lipinski definition) is 3. The Bertz CT molecular complexity index is 575. The van der Waals surface area contributed by atoms with Crippen LogP contribution in [0.15, 0.2) is 24.3 Å². The van der Waals surface area contributed by atoms with E-state index in [0.29, 0.717) is 23.8 Å². The van der Waals surface area contributed by atoms with Crippen LogP contribution in [0.5, 0.6) is 0 Å². The van der Waals surface area contributed by atoms with Gasteiger partial charge in [-0.15, -0.1) is 12.4 Å². The van der Waals surface area contributed by atoms with Crippen molar-refractivity contribution < 1.29 is 9.59 Å². The molecule has 0 aliphatic heterocycles. The second-order valence-electron chi connectivity index (χ2n) is 6.32. The Hall–Kier alpha value is -1.59. The first-order valence-corrected chi connectivity index (χ1v) is 8.10. The average Bonchev–Trinajstić information content (AvgIpc) is 3.20. The molecule has 2 amide bonds. The summed E-state index contributed by atoms with van der Waals surface area (Å²) >= 11 is 0. The number of carbonyl (C=O) groups is 2. The summed E-state index contributed by atoms with van der Waals surface area (Å²) in [5.74, 6) is 0.0943. The Kier molecular flexibility index (Phi) is 6.02. The molecule has 6 heteroatoms. The number of rotatable bonds is 5. The summed E-state index contributed by atoms with van der Waals surface area (Å²) in [6.07, 6.45) is 5.02. The molecule has 0 bridgehead atoms. The highest BCUT2D eigenvalue weighted by Crippen LogP contribution is 2.32. The Morgan fingerprint density at radius 2 is 1.87 bits per heavy atom. The van der Waals surface area contributed by atoms with Crippen molar-refractivity contribution in [3.63, 3.8) is 0 Å². The van der Waals surface area contributed by atoms with Gasteiger partial charge >= 0.3 is 0 Å². The van der Waals surface area contributed by atoms with Gasteiger partial charge in [0.05, 0.1) is 11.3 Å². The highest BCUT2D eigenvalue weighted by atomic mass is 35.5. The molecule has 0 spiro atoms. The molecule has 2 atom stereocenters. The van der Waals surface area contributed by atoms with Crippen LogP contribution < -0.4 is 16.4 Å². The molecule has 2 fully saturated rings. The number of hydrogen-bond acceptors (Lipinski definition) is 3. The maximum Gasteiger partial charge on any atom is 0.253 e. The van der Waals surface area contributed by atoms with Gasteiger partial charge in [0.2, 0.25) is 5.91 Å². The van der Waals surface area contributed by atoms with Crippen molar-refractivity contribution in [3.8, 4) is 0 Å². The van der Waals surface area contributed by atoms with Gasteiger partial charge in [-0.3, -0.25) is 9.59 Å². The maximum absolute atomic E-state index is 12.5. The van der Waals surface area contributed by atoms with Crippen molar-refractivity contribution in [1.82, 2.24) is 5.32 Å². The first-order valence-electron chi connectivity index (χ1n) is 8.10. The van der Waals surface area contributed by atoms with Crippen LogP contribution in [0.25, 0.3) is 0 Å². The molecule has 2 aliphatic carbocycles. The largest absolute Gasteiger partial charge is 0.349 e. The summed E-state index contributed by atoms with van der Waals surface area (Å²) in [5, 5.41) is 5.90. The molecule has 2 aliphatic rings. The van der Waals surface area contributed by atoms with E-state index in [1.54, 1.807) is 12.1 Å². The molecular weight excluding hydrogens is 314 g/mol. The summed E-state index contributed by atoms with van der Waals surface area (Å²) in [6, 6.07) is 7.48. The van der Waals surface area contributed by atoms with Gasteiger partial charge < -0.3 is 16.4 Å². The van der Waals surface area contributed by atoms with Crippen LogP contribution >= 0.6 is 12.4 Å². The molecule has 1 aromatic rings. The van der Waals surface area contributed by atoms with Gasteiger partial charge in [-0.25, -0.2) is 0 Å². The third-order valence-corrected chi connectivity index (χ3v) is 4.64. The van der Waals surface area contributed by atoms with Gasteiger partial charge in [-0.2, -0.15) is 0 Å². The van der Waals surface area contributed by atoms with Crippen LogP contribution in [0.3, 0.4) is 0 Å². The topological polar surface area (TPSA) is 84.2 Å². The minimum absolute atomic E-state index is 0. The Labute approximate surface area is 142 Å². The van der Waals surface area contributed by atoms with Crippen LogP contribution in [0, 0.1) is 11.8 Å². The predicted molar refractivity (Wildman–Crippen MR) is 92.7 cm³/mol. The van der Waals surface area contributed by atoms with Crippen molar-refractivity contribution >= 4 is 29.9 Å². The molecular formula is C17H24ClN3O2. The van der Waals surface area contributed by atoms with E-state index in [0.717, 1.165) is 32.1 Å². The zero-order valence-electron chi connectivity index (χ0n) is 13.1. The summed E-state index contributed by atoms with van der Waals surface area (Å²) in [6.45, 7) is 0.544. The van der Waals surface area contributed by atoms with E-state index in [2.05, 4.69) is 10.6 Å². The van der Waals surface area contributed by atoms with Gasteiger partial charge in [-0.05, 0) is 50.3 Å². The molecule has 0 heterocycles. The molecule has 1 aromatic carbocycles. The fourth-order valence-electron chi connectivity index (χ4n) is 3.17. The van der Waals surface area contributed by atoms with E-state index >= 15 is 0 Å². The van der Waals surface area contributed by atoms with E-state index in [4.69, 9.17) is 5.73 Å². The highest BCUT2D eigenvalue weighted by Gasteiger charge is 2.32. The van der Waals surface area contributed by atoms with E-state index in [1.165, 1.54) is 0 Å². The smallest absolute Gasteiger partial charge is 0.253 e. The van der Waals surface area contributed by atoms with Crippen molar-refractivity contribution in [2.45, 2.75) is 38.1 Å². The van der Waals surface area contributed by atoms with Crippen molar-refractivity contribution in [3.05, 3.63) is 29.8 Å². The molecule has 5 nitrogen and oxygen atoms in total. The van der Waals surface area contributed by atoms with Gasteiger partial charge in [0.25, 0.3) is 5.91 Å². The fourth-order valence-corrected chi connectivity index (χ4v) is 3.17. The predicted octanol–water partition coefficient (Wildman–Crippen LogP) is 2.31. The number of nitrogens with two attached hydrogens (primary N) is 1. The Morgan fingerprint density at radius 3 is 2.57 bits per heavy atom. The van der Waals surface area contributed by atoms with Crippen LogP contribution in [0.1, 0.15) is 42.5 Å². The average molecular weight is 338 g/mol. The fraction of sp³-hybridized carbons (Fsp3) is 0.529. The van der Waals surface area contributed by atoms with Crippen molar-refractivity contribution in [1.29, 1.82) is 0 Å². The van der Waals surface area contributed by atoms with Crippen molar-refractivity contribution in [2.75, 3.05) is 11.9 Å². The van der Waals surface area contributed by atoms with Gasteiger partial charge in [-0.1, -0.05) is 18.6 Å². The summed E-state index contributed by atoms with van der Waals surface area (Å²) in [7, 11) is 0. The van der Waals surface area contributed by atoms with E-state index in [1.807, 2.05) is 12.1 Å². The second kappa shape index (κ2) is 7.79. The third-order valence-electron chi connectivity index (χ3n) is 4.64. The highest BCUT2D eigenvalue weighted by molar-refractivity contribution is 6.04. The quantitative estimate of drug-likeness (QED) is 0.771. The molecule has 0 radical (unpaired) electrons. The lowest BCUT2D eigenvalue weighted by Crippen LogP contribution is -2.31. The maximum atomic E-state index is 12.5. The SMILES string of the molecule is Cl.NC[C@H]1CCC[C@H]1C(=O)Nc1ccccc1C(=O)NC1CC1. The molecule has 23 heavy (non-hydrogen) atoms. The normalized spacial score (nSPS) is 23.0. The minimum Gasteiger partial charge on any atom is -0.349 e. The van der Waals surface area contributed by atoms with Crippen molar-refractivity contribution in [2.24, 2.45) is 17.6 Å². The minimum atomic E-state index is -0.111. The number of halogens is 1. The van der Waals surface area contributed by atoms with Crippen LogP contribution in [-0.4, -0.2) is 24.4 Å². The lowest BCUT2D eigenvalue weighted by Gasteiger charge is -2.18. The summed E-state index contributed by atoms with van der Waals surface area (Å²) in [4.78, 5) is 24.8. The molecule has 4 N–H and O–H groups in total. The lowest BCUT2D eigenvalue weighted by atomic mass is 9.95. The standard InChI is InChI=1S/C17H23N3O2.ClH/c18-10-11-4-3-6-13(11)16(21)20-15-7-2-1-5-14(15)17(22)19-12-8-9-12;/h1-2,5,7,11-13H,3-4,6,8-10,18H2,(H,19,22)(H,20,21);1H/t11-,13-;/m1./s1. The number of nitrogens with one attached hydrogen (secondary N) is 2. The first-order chi connectivity index (χ1) is 10.7. The Balaban J connectivity index is 0.00000192. The van der Waals surface area contributed by atoms with Gasteiger partial charge in [0, 0.05) is 12.0 Å². The van der Waals surface area contributed by atoms with Crippen LogP contribution in [-0.2, 0) is 4.79 Å². The zero-order chi connectivity index (χ0) is 15.5. The number of anilines is 1. The van der Waals surface area contributed by atoms with E-state index in [-0.39, 0.29) is 36.1 Å². The molecule has 0 unspecified atom stereocenters. The van der Waals surface area contributed by atoms with Gasteiger partial charge in [0.1, 0.15) is 0 Å². The summed E-state index contributed by atoms with van der Waals surface area (Å²) < 4.78 is 0. The van der Waals surface area contributed by atoms with Crippen LogP contribution in [0.4, 0.5) is 5.69 Å². The summed E-state index contributed by atoms with van der Waals surface area (Å²) in [5.41, 5.74) is 6.87. The number of amides is 2. The van der Waals surface area contributed by atoms with Crippen LogP contribution in [0.2, 0.25) is 0 Å². The lowest BCUT2D eigenvalue weighted by molar-refractivity contribution is -0.120. The number of benzene rings is 1. The van der Waals surface area contributed by atoms with E-state index < -0.39 is 0 Å². The first kappa shape index (κ1) is 17.8. The molecule has 126 valence electrons. The van der Waals surface area contributed by atoms with Gasteiger partial charge in [0.15, 0.2) is 0 Å². The Morgan fingerprint density at radius 1 is 1.13 bits per heavy atom. The third kappa shape index (κ3) is 4.24. The molecule has 2 saturated carbocycles. The monoisotopic (exact) mass is 337 g/mol. The number of para-hydroxylation sites is 1. The van der Waals surface area contributed by atoms with E-state index in [9.17, 15) is 9.59 Å².